The molecule has 2 saturated heterocycles. The molecule has 0 radical (unpaired) electrons. The fourth-order valence-electron chi connectivity index (χ4n) is 5.21. The average molecular weight is 634 g/mol. The van der Waals surface area contributed by atoms with E-state index in [1.54, 1.807) is 24.3 Å². The summed E-state index contributed by atoms with van der Waals surface area (Å²) in [6.07, 6.45) is -2.54. The summed E-state index contributed by atoms with van der Waals surface area (Å²) in [5.74, 6) is -0.956. The number of likely N-dealkylation sites (tertiary alicyclic amines) is 1. The van der Waals surface area contributed by atoms with Gasteiger partial charge < -0.3 is 9.64 Å². The van der Waals surface area contributed by atoms with E-state index in [0.29, 0.717) is 48.7 Å². The van der Waals surface area contributed by atoms with Gasteiger partial charge in [-0.1, -0.05) is 25.1 Å². The zero-order valence-corrected chi connectivity index (χ0v) is 25.1. The van der Waals surface area contributed by atoms with Crippen molar-refractivity contribution < 1.29 is 35.7 Å². The minimum absolute atomic E-state index is 0.143. The largest absolute Gasteiger partial charge is 0.453 e. The normalized spacial score (nSPS) is 21.4. The van der Waals surface area contributed by atoms with E-state index in [1.807, 2.05) is 6.92 Å². The molecule has 1 aromatic heterocycles. The smallest absolute Gasteiger partial charge is 0.366 e. The van der Waals surface area contributed by atoms with Crippen molar-refractivity contribution in [3.8, 4) is 11.3 Å². The van der Waals surface area contributed by atoms with Crippen LogP contribution in [-0.2, 0) is 25.5 Å². The summed E-state index contributed by atoms with van der Waals surface area (Å²) >= 11 is 1.23. The summed E-state index contributed by atoms with van der Waals surface area (Å²) in [4.78, 5) is 20.6. The van der Waals surface area contributed by atoms with Gasteiger partial charge in [-0.05, 0) is 86.7 Å². The molecule has 4 rings (SSSR count). The molecule has 2 fully saturated rings. The molecule has 1 aromatic carbocycles. The maximum atomic E-state index is 14.5. The van der Waals surface area contributed by atoms with Crippen LogP contribution in [0.3, 0.4) is 0 Å². The minimum atomic E-state index is -5.59. The van der Waals surface area contributed by atoms with Crippen LogP contribution in [0.25, 0.3) is 11.3 Å². The number of carbonyl (C=O) groups is 1. The minimum Gasteiger partial charge on any atom is -0.366 e. The maximum Gasteiger partial charge on any atom is 0.453 e. The monoisotopic (exact) mass is 633 g/mol. The molecular formula is C29H36F5N3O3S2. The zero-order chi connectivity index (χ0) is 30.6. The van der Waals surface area contributed by atoms with Crippen LogP contribution in [0.2, 0.25) is 0 Å². The fraction of sp³-hybridized carbons (Fsp3) is 0.552. The summed E-state index contributed by atoms with van der Waals surface area (Å²) in [6.45, 7) is 4.75. The lowest BCUT2D eigenvalue weighted by molar-refractivity contribution is -0.284. The highest BCUT2D eigenvalue weighted by atomic mass is 32.2. The number of hydrogen-bond acceptors (Lipinski definition) is 6. The molecule has 42 heavy (non-hydrogen) atoms. The second-order valence-electron chi connectivity index (χ2n) is 10.7. The Morgan fingerprint density at radius 1 is 1.14 bits per heavy atom. The first kappa shape index (κ1) is 32.7. The van der Waals surface area contributed by atoms with Crippen molar-refractivity contribution in [3.63, 3.8) is 0 Å². The van der Waals surface area contributed by atoms with Gasteiger partial charge in [-0.15, -0.1) is 0 Å². The number of benzene rings is 1. The third kappa shape index (κ3) is 7.11. The molecule has 1 amide bonds. The van der Waals surface area contributed by atoms with Gasteiger partial charge in [0, 0.05) is 52.3 Å². The molecule has 0 bridgehead atoms. The lowest BCUT2D eigenvalue weighted by Crippen LogP contribution is -2.57. The lowest BCUT2D eigenvalue weighted by Gasteiger charge is -2.42. The number of halogens is 5. The number of aryl methyl sites for hydroxylation is 1. The van der Waals surface area contributed by atoms with Crippen LogP contribution in [-0.4, -0.2) is 74.4 Å². The SMILES string of the molecule is C=S(=O)(c1ccc(-c2ccc(CCC(F)(F)C(F)(F)F)cn2)cc1)C1(C(=O)NSC2CCCCO2)CCN(CC)CC1. The number of nitrogens with zero attached hydrogens (tertiary/aromatic N) is 2. The van der Waals surface area contributed by atoms with Crippen LogP contribution < -0.4 is 4.72 Å². The standard InChI is InChI=1S/C29H36F5N3O3S2/c1-3-37-17-15-27(16-18-37,26(38)36-41-25-6-4-5-19-40-25)42(2,39)23-10-8-22(9-11-23)24-12-7-21(20-35-24)13-14-28(30,31)29(32,33)34/h7-12,20,25H,2-6,13-19H2,1H3,(H,36,38). The van der Waals surface area contributed by atoms with Crippen molar-refractivity contribution in [1.29, 1.82) is 0 Å². The molecule has 232 valence electrons. The van der Waals surface area contributed by atoms with Crippen molar-refractivity contribution in [1.82, 2.24) is 14.6 Å². The van der Waals surface area contributed by atoms with E-state index < -0.39 is 39.2 Å². The molecule has 0 saturated carbocycles. The number of nitrogens with one attached hydrogen (secondary N) is 1. The van der Waals surface area contributed by atoms with Crippen LogP contribution in [0, 0.1) is 0 Å². The zero-order valence-electron chi connectivity index (χ0n) is 23.4. The molecule has 2 aliphatic heterocycles. The van der Waals surface area contributed by atoms with Gasteiger partial charge in [-0.2, -0.15) is 22.0 Å². The highest BCUT2D eigenvalue weighted by Crippen LogP contribution is 2.39. The third-order valence-corrected chi connectivity index (χ3v) is 11.9. The number of amides is 1. The molecule has 3 heterocycles. The van der Waals surface area contributed by atoms with Crippen LogP contribution in [0.15, 0.2) is 47.5 Å². The third-order valence-electron chi connectivity index (χ3n) is 8.07. The van der Waals surface area contributed by atoms with Crippen LogP contribution >= 0.6 is 11.9 Å². The molecular weight excluding hydrogens is 597 g/mol. The Labute approximate surface area is 247 Å². The Kier molecular flexibility index (Phi) is 10.3. The van der Waals surface area contributed by atoms with Gasteiger partial charge in [0.25, 0.3) is 0 Å². The number of rotatable bonds is 10. The van der Waals surface area contributed by atoms with Gasteiger partial charge in [0.15, 0.2) is 0 Å². The van der Waals surface area contributed by atoms with Gasteiger partial charge in [0.2, 0.25) is 5.91 Å². The van der Waals surface area contributed by atoms with Gasteiger partial charge >= 0.3 is 12.1 Å². The van der Waals surface area contributed by atoms with Crippen LogP contribution in [0.5, 0.6) is 0 Å². The number of carbonyl (C=O) groups excluding carboxylic acids is 1. The first-order valence-electron chi connectivity index (χ1n) is 14.0. The summed E-state index contributed by atoms with van der Waals surface area (Å²) in [7, 11) is -3.12. The maximum absolute atomic E-state index is 14.5. The Hall–Kier alpha value is -2.22. The lowest BCUT2D eigenvalue weighted by atomic mass is 9.95. The van der Waals surface area contributed by atoms with Crippen molar-refractivity contribution >= 4 is 33.2 Å². The molecule has 1 N–H and O–H groups in total. The summed E-state index contributed by atoms with van der Waals surface area (Å²) in [5.41, 5.74) is 1.21. The summed E-state index contributed by atoms with van der Waals surface area (Å²) < 4.78 is 85.8. The molecule has 0 spiro atoms. The quantitative estimate of drug-likeness (QED) is 0.194. The number of pyridine rings is 1. The molecule has 13 heteroatoms. The van der Waals surface area contributed by atoms with E-state index in [9.17, 15) is 31.0 Å². The summed E-state index contributed by atoms with van der Waals surface area (Å²) in [5, 5.41) is 0. The topological polar surface area (TPSA) is 71.5 Å². The highest BCUT2D eigenvalue weighted by Gasteiger charge is 2.56. The molecule has 2 aromatic rings. The van der Waals surface area contributed by atoms with E-state index in [2.05, 4.69) is 20.5 Å². The van der Waals surface area contributed by atoms with Gasteiger partial charge in [-0.3, -0.25) is 18.7 Å². The fourth-order valence-corrected chi connectivity index (χ4v) is 8.38. The van der Waals surface area contributed by atoms with E-state index >= 15 is 0 Å². The summed E-state index contributed by atoms with van der Waals surface area (Å²) in [6, 6.07) is 9.69. The Morgan fingerprint density at radius 3 is 2.38 bits per heavy atom. The number of alkyl halides is 5. The first-order valence-corrected chi connectivity index (χ1v) is 16.6. The van der Waals surface area contributed by atoms with Crippen molar-refractivity contribution in [3.05, 3.63) is 48.2 Å². The van der Waals surface area contributed by atoms with E-state index in [0.717, 1.165) is 25.8 Å². The predicted molar refractivity (Wildman–Crippen MR) is 156 cm³/mol. The van der Waals surface area contributed by atoms with Gasteiger partial charge in [-0.25, -0.2) is 0 Å². The van der Waals surface area contributed by atoms with Gasteiger partial charge in [0.1, 0.15) is 10.2 Å². The molecule has 0 aliphatic carbocycles. The van der Waals surface area contributed by atoms with Gasteiger partial charge in [0.05, 0.1) is 5.69 Å². The first-order chi connectivity index (χ1) is 19.8. The number of hydrogen-bond donors (Lipinski definition) is 1. The second-order valence-corrected chi connectivity index (χ2v) is 14.3. The molecule has 6 nitrogen and oxygen atoms in total. The van der Waals surface area contributed by atoms with Crippen molar-refractivity contribution in [2.75, 3.05) is 26.2 Å². The Balaban J connectivity index is 1.50. The van der Waals surface area contributed by atoms with E-state index in [1.165, 1.54) is 30.3 Å². The molecule has 2 unspecified atom stereocenters. The Bertz CT molecular complexity index is 1310. The van der Waals surface area contributed by atoms with Crippen molar-refractivity contribution in [2.24, 2.45) is 0 Å². The predicted octanol–water partition coefficient (Wildman–Crippen LogP) is 6.10. The Morgan fingerprint density at radius 2 is 1.83 bits per heavy atom. The average Bonchev–Trinajstić information content (AvgIpc) is 2.99. The molecule has 2 aliphatic rings. The number of aromatic nitrogens is 1. The van der Waals surface area contributed by atoms with Crippen molar-refractivity contribution in [2.45, 2.75) is 79.0 Å². The highest BCUT2D eigenvalue weighted by molar-refractivity contribution is 8.02. The number of piperidine rings is 1. The van der Waals surface area contributed by atoms with E-state index in [-0.39, 0.29) is 16.9 Å². The molecule has 2 atom stereocenters. The van der Waals surface area contributed by atoms with Crippen LogP contribution in [0.4, 0.5) is 22.0 Å². The van der Waals surface area contributed by atoms with E-state index in [4.69, 9.17) is 4.74 Å². The van der Waals surface area contributed by atoms with Crippen LogP contribution in [0.1, 0.15) is 51.0 Å². The second kappa shape index (κ2) is 13.2. The number of ether oxygens (including phenoxy) is 1.